The summed E-state index contributed by atoms with van der Waals surface area (Å²) in [6.45, 7) is 4.27. The molecule has 1 aromatic heterocycles. The maximum absolute atomic E-state index is 13.9. The van der Waals surface area contributed by atoms with Crippen LogP contribution < -0.4 is 15.8 Å². The number of aliphatic imine (C=N–C) groups is 1. The number of aryl methyl sites for hydroxylation is 1. The molecule has 41 heavy (non-hydrogen) atoms. The Bertz CT molecular complexity index is 1770. The van der Waals surface area contributed by atoms with Crippen molar-refractivity contribution in [3.8, 4) is 5.75 Å². The number of amidine groups is 1. The van der Waals surface area contributed by atoms with Gasteiger partial charge in [0.25, 0.3) is 11.8 Å². The topological polar surface area (TPSA) is 123 Å². The van der Waals surface area contributed by atoms with Crippen LogP contribution in [-0.4, -0.2) is 33.0 Å². The van der Waals surface area contributed by atoms with Crippen LogP contribution in [0.1, 0.15) is 30.2 Å². The van der Waals surface area contributed by atoms with Gasteiger partial charge >= 0.3 is 0 Å². The number of hydrogen-bond acceptors (Lipinski definition) is 6. The van der Waals surface area contributed by atoms with Gasteiger partial charge in [-0.05, 0) is 54.8 Å². The average Bonchev–Trinajstić information content (AvgIpc) is 3.60. The number of carbonyl (C=O) groups excluding carboxylic acids is 2. The fourth-order valence-electron chi connectivity index (χ4n) is 5.93. The van der Waals surface area contributed by atoms with Gasteiger partial charge in [-0.2, -0.15) is 0 Å². The van der Waals surface area contributed by atoms with Crippen LogP contribution in [-0.2, 0) is 21.6 Å². The lowest BCUT2D eigenvalue weighted by atomic mass is 9.71. The Labute approximate surface area is 241 Å². The van der Waals surface area contributed by atoms with E-state index in [2.05, 4.69) is 5.32 Å². The Morgan fingerprint density at radius 1 is 1.07 bits per heavy atom. The van der Waals surface area contributed by atoms with Crippen molar-refractivity contribution in [2.24, 2.45) is 10.7 Å². The number of rotatable bonds is 8. The number of thioether (sulfide) groups is 1. The first kappa shape index (κ1) is 26.6. The van der Waals surface area contributed by atoms with Crippen LogP contribution in [0.4, 0.5) is 5.69 Å². The van der Waals surface area contributed by atoms with Crippen molar-refractivity contribution in [2.75, 3.05) is 0 Å². The van der Waals surface area contributed by atoms with Gasteiger partial charge in [0.05, 0.1) is 22.2 Å². The van der Waals surface area contributed by atoms with E-state index >= 15 is 0 Å². The molecular formula is C32H29N5O3S. The maximum atomic E-state index is 13.9. The number of carbonyl (C=O) groups is 2. The number of imide groups is 1. The third-order valence-electron chi connectivity index (χ3n) is 7.66. The predicted octanol–water partition coefficient (Wildman–Crippen LogP) is 5.46. The minimum Gasteiger partial charge on any atom is -0.489 e. The molecule has 8 nitrogen and oxygen atoms in total. The molecule has 3 heterocycles. The van der Waals surface area contributed by atoms with E-state index in [0.717, 1.165) is 27.7 Å². The lowest BCUT2D eigenvalue weighted by Gasteiger charge is -2.36. The highest BCUT2D eigenvalue weighted by molar-refractivity contribution is 8.14. The first-order valence-corrected chi connectivity index (χ1v) is 14.3. The van der Waals surface area contributed by atoms with E-state index in [4.69, 9.17) is 20.9 Å². The lowest BCUT2D eigenvalue weighted by molar-refractivity contribution is -0.123. The third kappa shape index (κ3) is 4.42. The van der Waals surface area contributed by atoms with Gasteiger partial charge in [0.2, 0.25) is 0 Å². The monoisotopic (exact) mass is 563 g/mol. The van der Waals surface area contributed by atoms with Gasteiger partial charge in [-0.3, -0.25) is 25.3 Å². The Balaban J connectivity index is 1.58. The van der Waals surface area contributed by atoms with Crippen molar-refractivity contribution >= 4 is 57.2 Å². The molecule has 0 spiro atoms. The predicted molar refractivity (Wildman–Crippen MR) is 164 cm³/mol. The van der Waals surface area contributed by atoms with Crippen LogP contribution in [0.25, 0.3) is 16.6 Å². The van der Waals surface area contributed by atoms with Gasteiger partial charge in [0.15, 0.2) is 5.17 Å². The molecule has 2 aliphatic heterocycles. The van der Waals surface area contributed by atoms with Gasteiger partial charge in [-0.15, -0.1) is 0 Å². The van der Waals surface area contributed by atoms with Crippen LogP contribution in [0.15, 0.2) is 89.4 Å². The summed E-state index contributed by atoms with van der Waals surface area (Å²) in [5, 5.41) is 11.2. The molecule has 0 saturated carbocycles. The number of hydrogen-bond donors (Lipinski definition) is 3. The summed E-state index contributed by atoms with van der Waals surface area (Å²) in [5.74, 6) is -0.353. The second kappa shape index (κ2) is 10.4. The number of aromatic nitrogens is 1. The maximum Gasteiger partial charge on any atom is 0.275 e. The number of ether oxygens (including phenoxy) is 1. The second-order valence-electron chi connectivity index (χ2n) is 10.1. The largest absolute Gasteiger partial charge is 0.489 e. The zero-order valence-electron chi connectivity index (χ0n) is 22.7. The number of nitrogens with one attached hydrogen (secondary N) is 2. The minimum absolute atomic E-state index is 0.0796. The first-order chi connectivity index (χ1) is 19.8. The zero-order chi connectivity index (χ0) is 28.7. The molecule has 0 saturated heterocycles. The molecule has 3 aromatic carbocycles. The summed E-state index contributed by atoms with van der Waals surface area (Å²) in [6, 6.07) is 25.2. The van der Waals surface area contributed by atoms with Gasteiger partial charge in [0.1, 0.15) is 18.1 Å². The number of para-hydroxylation sites is 1. The van der Waals surface area contributed by atoms with E-state index in [1.165, 1.54) is 11.8 Å². The van der Waals surface area contributed by atoms with Crippen molar-refractivity contribution in [1.82, 2.24) is 9.88 Å². The molecule has 0 aliphatic carbocycles. The Hall–Kier alpha value is -4.63. The molecule has 206 valence electrons. The SMILES string of the molecule is CCC(SC(=N)N)C1(C2=C(n3c(C)cc4ccccc43)C(=O)NC2=O)C=Nc2ccc(OCc3ccccc3)cc21. The van der Waals surface area contributed by atoms with Crippen LogP contribution in [0, 0.1) is 12.3 Å². The minimum atomic E-state index is -1.16. The Morgan fingerprint density at radius 3 is 2.59 bits per heavy atom. The van der Waals surface area contributed by atoms with Gasteiger partial charge in [-0.25, -0.2) is 0 Å². The van der Waals surface area contributed by atoms with Crippen molar-refractivity contribution < 1.29 is 14.3 Å². The van der Waals surface area contributed by atoms with Gasteiger partial charge in [0, 0.05) is 22.5 Å². The third-order valence-corrected chi connectivity index (χ3v) is 8.90. The van der Waals surface area contributed by atoms with Gasteiger partial charge in [-0.1, -0.05) is 67.2 Å². The highest BCUT2D eigenvalue weighted by Gasteiger charge is 2.54. The van der Waals surface area contributed by atoms with E-state index in [1.54, 1.807) is 6.21 Å². The highest BCUT2D eigenvalue weighted by atomic mass is 32.2. The summed E-state index contributed by atoms with van der Waals surface area (Å²) in [7, 11) is 0. The summed E-state index contributed by atoms with van der Waals surface area (Å²) in [4.78, 5) is 32.2. The lowest BCUT2D eigenvalue weighted by Crippen LogP contribution is -2.44. The van der Waals surface area contributed by atoms with Gasteiger partial charge < -0.3 is 15.0 Å². The summed E-state index contributed by atoms with van der Waals surface area (Å²) in [6.07, 6.45) is 2.30. The highest BCUT2D eigenvalue weighted by Crippen LogP contribution is 2.52. The fourth-order valence-corrected chi connectivity index (χ4v) is 6.90. The average molecular weight is 564 g/mol. The van der Waals surface area contributed by atoms with Crippen molar-refractivity contribution in [2.45, 2.75) is 37.5 Å². The van der Waals surface area contributed by atoms with Crippen LogP contribution in [0.3, 0.4) is 0 Å². The standard InChI is InChI=1S/C32H29N5O3S/c1-3-26(41-31(33)34)32(18-35-24-14-13-22(16-23(24)32)40-17-20-9-5-4-6-10-20)27-28(30(39)36-29(27)38)37-19(2)15-21-11-7-8-12-25(21)37/h4-16,18,26H,3,17H2,1-2H3,(H3,33,34)(H,36,38,39). The number of benzene rings is 3. The van der Waals surface area contributed by atoms with Crippen LogP contribution in [0.5, 0.6) is 5.75 Å². The molecule has 4 N–H and O–H groups in total. The number of amides is 2. The molecule has 2 unspecified atom stereocenters. The fraction of sp³-hybridized carbons (Fsp3) is 0.188. The molecule has 0 radical (unpaired) electrons. The number of nitrogens with two attached hydrogens (primary N) is 1. The van der Waals surface area contributed by atoms with E-state index in [0.29, 0.717) is 24.5 Å². The van der Waals surface area contributed by atoms with E-state index in [-0.39, 0.29) is 16.4 Å². The Kier molecular flexibility index (Phi) is 6.75. The first-order valence-electron chi connectivity index (χ1n) is 13.4. The molecule has 0 fully saturated rings. The smallest absolute Gasteiger partial charge is 0.275 e. The molecule has 2 aliphatic rings. The molecule has 6 rings (SSSR count). The normalized spacial score (nSPS) is 18.6. The molecule has 4 aromatic rings. The van der Waals surface area contributed by atoms with Crippen LogP contribution in [0.2, 0.25) is 0 Å². The quantitative estimate of drug-likeness (QED) is 0.149. The van der Waals surface area contributed by atoms with E-state index in [9.17, 15) is 9.59 Å². The molecule has 9 heteroatoms. The zero-order valence-corrected chi connectivity index (χ0v) is 23.5. The van der Waals surface area contributed by atoms with Crippen molar-refractivity contribution in [1.29, 1.82) is 5.41 Å². The Morgan fingerprint density at radius 2 is 1.83 bits per heavy atom. The second-order valence-corrected chi connectivity index (χ2v) is 11.4. The number of nitrogens with zero attached hydrogens (tertiary/aromatic N) is 2. The summed E-state index contributed by atoms with van der Waals surface area (Å²) < 4.78 is 8.02. The van der Waals surface area contributed by atoms with Crippen LogP contribution >= 0.6 is 11.8 Å². The van der Waals surface area contributed by atoms with Crippen molar-refractivity contribution in [3.05, 3.63) is 101 Å². The van der Waals surface area contributed by atoms with Crippen molar-refractivity contribution in [3.63, 3.8) is 0 Å². The van der Waals surface area contributed by atoms with E-state index < -0.39 is 22.5 Å². The molecule has 2 amide bonds. The molecule has 0 bridgehead atoms. The molecule has 2 atom stereocenters. The molecular weight excluding hydrogens is 534 g/mol. The number of fused-ring (bicyclic) bond motifs is 2. The summed E-state index contributed by atoms with van der Waals surface area (Å²) in [5.41, 5.74) is 9.39. The summed E-state index contributed by atoms with van der Waals surface area (Å²) >= 11 is 1.17. The van der Waals surface area contributed by atoms with E-state index in [1.807, 2.05) is 97.3 Å².